The predicted molar refractivity (Wildman–Crippen MR) is 128 cm³/mol. The van der Waals surface area contributed by atoms with E-state index in [0.717, 1.165) is 56.9 Å². The first-order valence-electron chi connectivity index (χ1n) is 12.3. The second kappa shape index (κ2) is 11.4. The van der Waals surface area contributed by atoms with Crippen molar-refractivity contribution in [2.24, 2.45) is 5.92 Å². The number of carbonyl (C=O) groups excluding carboxylic acids is 1. The van der Waals surface area contributed by atoms with Gasteiger partial charge in [0.25, 0.3) is 0 Å². The molecular weight excluding hydrogens is 476 g/mol. The maximum Gasteiger partial charge on any atom is 0.419 e. The van der Waals surface area contributed by atoms with Crippen molar-refractivity contribution >= 4 is 12.0 Å². The number of carbonyl (C=O) groups is 1. The fourth-order valence-electron chi connectivity index (χ4n) is 4.88. The Bertz CT molecular complexity index is 1010. The van der Waals surface area contributed by atoms with Gasteiger partial charge < -0.3 is 15.1 Å². The van der Waals surface area contributed by atoms with E-state index in [2.05, 4.69) is 20.2 Å². The molecule has 2 aromatic rings. The molecule has 2 aliphatic heterocycles. The third-order valence-electron chi connectivity index (χ3n) is 6.97. The number of piperidine rings is 1. The highest BCUT2D eigenvalue weighted by Crippen LogP contribution is 2.28. The first kappa shape index (κ1) is 26.1. The molecule has 3 heterocycles. The molecular formula is C25H32F4N6O. The highest BCUT2D eigenvalue weighted by molar-refractivity contribution is 5.74. The van der Waals surface area contributed by atoms with Gasteiger partial charge in [-0.2, -0.15) is 13.2 Å². The fourth-order valence-corrected chi connectivity index (χ4v) is 4.88. The molecule has 36 heavy (non-hydrogen) atoms. The minimum atomic E-state index is -4.47. The number of benzene rings is 1. The van der Waals surface area contributed by atoms with Crippen LogP contribution in [-0.4, -0.2) is 71.1 Å². The van der Waals surface area contributed by atoms with E-state index in [4.69, 9.17) is 0 Å². The Labute approximate surface area is 208 Å². The molecule has 1 aromatic carbocycles. The number of hydrogen-bond acceptors (Lipinski definition) is 5. The monoisotopic (exact) mass is 508 g/mol. The minimum Gasteiger partial charge on any atom is -0.338 e. The number of nitrogens with one attached hydrogen (secondary N) is 1. The number of aromatic nitrogens is 2. The van der Waals surface area contributed by atoms with Gasteiger partial charge >= 0.3 is 12.2 Å². The van der Waals surface area contributed by atoms with Crippen LogP contribution >= 0.6 is 0 Å². The first-order valence-corrected chi connectivity index (χ1v) is 12.3. The highest BCUT2D eigenvalue weighted by atomic mass is 19.4. The van der Waals surface area contributed by atoms with Crippen molar-refractivity contribution in [3.63, 3.8) is 0 Å². The van der Waals surface area contributed by atoms with Crippen molar-refractivity contribution in [3.8, 4) is 0 Å². The average molecular weight is 509 g/mol. The molecule has 7 nitrogen and oxygen atoms in total. The quantitative estimate of drug-likeness (QED) is 0.594. The van der Waals surface area contributed by atoms with E-state index in [0.29, 0.717) is 32.1 Å². The Kier molecular flexibility index (Phi) is 8.28. The van der Waals surface area contributed by atoms with Crippen molar-refractivity contribution in [1.29, 1.82) is 0 Å². The molecule has 11 heteroatoms. The Hall–Kier alpha value is -2.95. The summed E-state index contributed by atoms with van der Waals surface area (Å²) in [4.78, 5) is 26.3. The molecule has 1 atom stereocenters. The lowest BCUT2D eigenvalue weighted by Crippen LogP contribution is -2.57. The lowest BCUT2D eigenvalue weighted by molar-refractivity contribution is -0.138. The van der Waals surface area contributed by atoms with Crippen LogP contribution in [0.1, 0.15) is 37.3 Å². The number of hydrogen-bond donors (Lipinski definition) is 1. The summed E-state index contributed by atoms with van der Waals surface area (Å²) in [5.41, 5.74) is 0.106. The van der Waals surface area contributed by atoms with E-state index in [9.17, 15) is 22.4 Å². The van der Waals surface area contributed by atoms with Crippen LogP contribution in [0.25, 0.3) is 0 Å². The van der Waals surface area contributed by atoms with E-state index < -0.39 is 11.7 Å². The van der Waals surface area contributed by atoms with Gasteiger partial charge in [0.1, 0.15) is 5.82 Å². The summed E-state index contributed by atoms with van der Waals surface area (Å²) in [5, 5.41) is 3.02. The van der Waals surface area contributed by atoms with E-state index >= 15 is 0 Å². The van der Waals surface area contributed by atoms with Crippen LogP contribution in [0.5, 0.6) is 0 Å². The molecule has 2 amide bonds. The van der Waals surface area contributed by atoms with Crippen LogP contribution in [0, 0.1) is 11.7 Å². The summed E-state index contributed by atoms with van der Waals surface area (Å²) in [6, 6.07) is 6.47. The third-order valence-corrected chi connectivity index (χ3v) is 6.97. The number of rotatable bonds is 6. The average Bonchev–Trinajstić information content (AvgIpc) is 2.84. The van der Waals surface area contributed by atoms with Gasteiger partial charge in [0.05, 0.1) is 5.56 Å². The Morgan fingerprint density at radius 2 is 1.83 bits per heavy atom. The molecule has 2 saturated heterocycles. The molecule has 0 saturated carbocycles. The smallest absolute Gasteiger partial charge is 0.338 e. The standard InChI is InChI=1S/C25H32F4N6O/c1-18-16-34(23-31-14-21(15-32-23)25(27,28)29)11-12-35(18)24(36)30-8-5-19-6-9-33(10-7-19)17-20-3-2-4-22(26)13-20/h2-4,13-15,18-19H,5-12,16-17H2,1H3,(H,30,36)/t18-/m1/s1. The molecule has 0 unspecified atom stereocenters. The normalized spacial score (nSPS) is 20.0. The van der Waals surface area contributed by atoms with Gasteiger partial charge in [0.15, 0.2) is 0 Å². The van der Waals surface area contributed by atoms with E-state index in [1.165, 1.54) is 6.07 Å². The summed E-state index contributed by atoms with van der Waals surface area (Å²) in [7, 11) is 0. The van der Waals surface area contributed by atoms with Gasteiger partial charge in [-0.3, -0.25) is 4.90 Å². The number of halogens is 4. The van der Waals surface area contributed by atoms with Gasteiger partial charge in [0.2, 0.25) is 5.95 Å². The summed E-state index contributed by atoms with van der Waals surface area (Å²) < 4.78 is 51.6. The topological polar surface area (TPSA) is 64.6 Å². The zero-order valence-electron chi connectivity index (χ0n) is 20.3. The number of anilines is 1. The van der Waals surface area contributed by atoms with Gasteiger partial charge in [-0.25, -0.2) is 19.2 Å². The lowest BCUT2D eigenvalue weighted by Gasteiger charge is -2.39. The minimum absolute atomic E-state index is 0.126. The summed E-state index contributed by atoms with van der Waals surface area (Å²) >= 11 is 0. The van der Waals surface area contributed by atoms with Gasteiger partial charge in [0, 0.05) is 51.2 Å². The summed E-state index contributed by atoms with van der Waals surface area (Å²) in [5.74, 6) is 0.570. The maximum absolute atomic E-state index is 13.4. The number of urea groups is 1. The molecule has 1 aromatic heterocycles. The largest absolute Gasteiger partial charge is 0.419 e. The van der Waals surface area contributed by atoms with Crippen LogP contribution < -0.4 is 10.2 Å². The maximum atomic E-state index is 13.4. The van der Waals surface area contributed by atoms with Crippen LogP contribution in [0.2, 0.25) is 0 Å². The molecule has 0 spiro atoms. The Morgan fingerprint density at radius 3 is 2.47 bits per heavy atom. The first-order chi connectivity index (χ1) is 17.2. The molecule has 0 bridgehead atoms. The van der Waals surface area contributed by atoms with Crippen LogP contribution in [0.4, 0.5) is 28.3 Å². The summed E-state index contributed by atoms with van der Waals surface area (Å²) in [6.07, 6.45) is 0.118. The highest BCUT2D eigenvalue weighted by Gasteiger charge is 2.33. The Balaban J connectivity index is 1.16. The number of nitrogens with zero attached hydrogens (tertiary/aromatic N) is 5. The number of amides is 2. The van der Waals surface area contributed by atoms with Crippen molar-refractivity contribution in [3.05, 3.63) is 53.6 Å². The second-order valence-electron chi connectivity index (χ2n) is 9.63. The molecule has 0 aliphatic carbocycles. The molecule has 196 valence electrons. The molecule has 2 fully saturated rings. The van der Waals surface area contributed by atoms with Crippen molar-refractivity contribution < 1.29 is 22.4 Å². The Morgan fingerprint density at radius 1 is 1.11 bits per heavy atom. The fraction of sp³-hybridized carbons (Fsp3) is 0.560. The lowest BCUT2D eigenvalue weighted by atomic mass is 9.93. The molecule has 0 radical (unpaired) electrons. The summed E-state index contributed by atoms with van der Waals surface area (Å²) in [6.45, 7) is 6.51. The van der Waals surface area contributed by atoms with Crippen molar-refractivity contribution in [1.82, 2.24) is 25.1 Å². The van der Waals surface area contributed by atoms with E-state index in [1.807, 2.05) is 13.0 Å². The van der Waals surface area contributed by atoms with Crippen molar-refractivity contribution in [2.45, 2.75) is 44.9 Å². The number of likely N-dealkylation sites (tertiary alicyclic amines) is 1. The van der Waals surface area contributed by atoms with Crippen LogP contribution in [0.15, 0.2) is 36.7 Å². The van der Waals surface area contributed by atoms with Crippen LogP contribution in [0.3, 0.4) is 0 Å². The number of piperazine rings is 1. The third kappa shape index (κ3) is 6.83. The van der Waals surface area contributed by atoms with Gasteiger partial charge in [-0.15, -0.1) is 0 Å². The zero-order chi connectivity index (χ0) is 25.7. The molecule has 4 rings (SSSR count). The zero-order valence-corrected chi connectivity index (χ0v) is 20.3. The second-order valence-corrected chi connectivity index (χ2v) is 9.63. The SMILES string of the molecule is C[C@@H]1CN(c2ncc(C(F)(F)F)cn2)CCN1C(=O)NCCC1CCN(Cc2cccc(F)c2)CC1. The van der Waals surface area contributed by atoms with E-state index in [1.54, 1.807) is 21.9 Å². The van der Waals surface area contributed by atoms with E-state index in [-0.39, 0.29) is 23.8 Å². The van der Waals surface area contributed by atoms with Gasteiger partial charge in [-0.1, -0.05) is 12.1 Å². The number of alkyl halides is 3. The van der Waals surface area contributed by atoms with Crippen LogP contribution in [-0.2, 0) is 12.7 Å². The van der Waals surface area contributed by atoms with Gasteiger partial charge in [-0.05, 0) is 62.9 Å². The molecule has 1 N–H and O–H groups in total. The van der Waals surface area contributed by atoms with Crippen molar-refractivity contribution in [2.75, 3.05) is 44.2 Å². The molecule has 2 aliphatic rings. The predicted octanol–water partition coefficient (Wildman–Crippen LogP) is 4.16.